The minimum atomic E-state index is 0.0238. The molecule has 1 heterocycles. The molecule has 1 aliphatic heterocycles. The number of aliphatic imine (C=N–C) groups is 1. The summed E-state index contributed by atoms with van der Waals surface area (Å²) in [5.41, 5.74) is 1.46. The molecular weight excluding hydrogens is 236 g/mol. The van der Waals surface area contributed by atoms with Gasteiger partial charge in [-0.05, 0) is 18.4 Å². The standard InChI is InChI=1S/C16H24N2O/c1-4-7-8-9-12-18-13-10-14(6-3)15(16(18)19)17-11-5-2/h5-6,11H,2-4,7-10,12-13H2,1H3. The van der Waals surface area contributed by atoms with E-state index in [1.54, 1.807) is 18.4 Å². The highest BCUT2D eigenvalue weighted by Crippen LogP contribution is 2.21. The summed E-state index contributed by atoms with van der Waals surface area (Å²) in [5.74, 6) is 0.0238. The maximum Gasteiger partial charge on any atom is 0.272 e. The quantitative estimate of drug-likeness (QED) is 0.485. The lowest BCUT2D eigenvalue weighted by molar-refractivity contribution is -0.127. The van der Waals surface area contributed by atoms with E-state index in [1.165, 1.54) is 19.3 Å². The van der Waals surface area contributed by atoms with Crippen LogP contribution in [0.2, 0.25) is 0 Å². The first kappa shape index (κ1) is 15.4. The predicted octanol–water partition coefficient (Wildman–Crippen LogP) is 3.50. The van der Waals surface area contributed by atoms with E-state index < -0.39 is 0 Å². The maximum atomic E-state index is 12.3. The van der Waals surface area contributed by atoms with Crippen LogP contribution in [0.15, 0.2) is 41.6 Å². The molecule has 1 rings (SSSR count). The van der Waals surface area contributed by atoms with Gasteiger partial charge in [0.25, 0.3) is 5.91 Å². The number of allylic oxidation sites excluding steroid dienone is 2. The van der Waals surface area contributed by atoms with E-state index in [2.05, 4.69) is 25.1 Å². The Hall–Kier alpha value is -1.64. The first-order valence-electron chi connectivity index (χ1n) is 7.04. The number of carbonyl (C=O) groups excluding carboxylic acids is 1. The fraction of sp³-hybridized carbons (Fsp3) is 0.500. The summed E-state index contributed by atoms with van der Waals surface area (Å²) in [6, 6.07) is 0. The molecule has 0 aromatic carbocycles. The van der Waals surface area contributed by atoms with E-state index in [4.69, 9.17) is 0 Å². The highest BCUT2D eigenvalue weighted by atomic mass is 16.2. The molecule has 0 radical (unpaired) electrons. The Labute approximate surface area is 116 Å². The molecule has 0 bridgehead atoms. The summed E-state index contributed by atoms with van der Waals surface area (Å²) in [6.07, 6.45) is 10.4. The maximum absolute atomic E-state index is 12.3. The lowest BCUT2D eigenvalue weighted by Gasteiger charge is -2.28. The minimum absolute atomic E-state index is 0.0238. The molecule has 3 heteroatoms. The largest absolute Gasteiger partial charge is 0.337 e. The average molecular weight is 260 g/mol. The van der Waals surface area contributed by atoms with Crippen molar-refractivity contribution >= 4 is 12.1 Å². The van der Waals surface area contributed by atoms with Crippen LogP contribution >= 0.6 is 0 Å². The van der Waals surface area contributed by atoms with Gasteiger partial charge < -0.3 is 4.90 Å². The van der Waals surface area contributed by atoms with Crippen molar-refractivity contribution < 1.29 is 4.79 Å². The number of hydrogen-bond acceptors (Lipinski definition) is 2. The monoisotopic (exact) mass is 260 g/mol. The fourth-order valence-corrected chi connectivity index (χ4v) is 2.17. The Bertz CT molecular complexity index is 394. The molecule has 19 heavy (non-hydrogen) atoms. The van der Waals surface area contributed by atoms with Crippen molar-refractivity contribution in [2.45, 2.75) is 39.0 Å². The molecule has 0 saturated carbocycles. The van der Waals surface area contributed by atoms with Gasteiger partial charge in [-0.1, -0.05) is 51.5 Å². The summed E-state index contributed by atoms with van der Waals surface area (Å²) in [6.45, 7) is 11.1. The Balaban J connectivity index is 2.68. The van der Waals surface area contributed by atoms with Crippen molar-refractivity contribution in [2.75, 3.05) is 13.1 Å². The van der Waals surface area contributed by atoms with Crippen LogP contribution in [-0.4, -0.2) is 30.1 Å². The van der Waals surface area contributed by atoms with Crippen LogP contribution in [0.3, 0.4) is 0 Å². The molecule has 1 amide bonds. The highest BCUT2D eigenvalue weighted by Gasteiger charge is 2.24. The molecule has 104 valence electrons. The zero-order chi connectivity index (χ0) is 14.1. The minimum Gasteiger partial charge on any atom is -0.337 e. The van der Waals surface area contributed by atoms with Gasteiger partial charge in [-0.25, -0.2) is 0 Å². The number of rotatable bonds is 8. The van der Waals surface area contributed by atoms with E-state index in [0.717, 1.165) is 31.5 Å². The summed E-state index contributed by atoms with van der Waals surface area (Å²) in [5, 5.41) is 0. The molecule has 0 N–H and O–H groups in total. The second kappa shape index (κ2) is 8.46. The number of amides is 1. The van der Waals surface area contributed by atoms with E-state index in [-0.39, 0.29) is 5.91 Å². The van der Waals surface area contributed by atoms with Crippen molar-refractivity contribution in [3.05, 3.63) is 36.6 Å². The normalized spacial score (nSPS) is 16.3. The smallest absolute Gasteiger partial charge is 0.272 e. The van der Waals surface area contributed by atoms with Gasteiger partial charge in [0.2, 0.25) is 0 Å². The lowest BCUT2D eigenvalue weighted by Crippen LogP contribution is -2.37. The van der Waals surface area contributed by atoms with E-state index in [1.807, 2.05) is 4.90 Å². The van der Waals surface area contributed by atoms with Crippen LogP contribution in [0, 0.1) is 0 Å². The number of hydrogen-bond donors (Lipinski definition) is 0. The topological polar surface area (TPSA) is 32.7 Å². The van der Waals surface area contributed by atoms with Crippen LogP contribution in [-0.2, 0) is 4.79 Å². The van der Waals surface area contributed by atoms with Crippen LogP contribution in [0.5, 0.6) is 0 Å². The SMILES string of the molecule is C=CC=NC1=C(C=C)CCN(CCCCCC)C1=O. The lowest BCUT2D eigenvalue weighted by atomic mass is 10.0. The Kier molecular flexibility index (Phi) is 6.86. The first-order chi connectivity index (χ1) is 9.24. The average Bonchev–Trinajstić information content (AvgIpc) is 2.43. The van der Waals surface area contributed by atoms with Crippen molar-refractivity contribution in [3.63, 3.8) is 0 Å². The van der Waals surface area contributed by atoms with Crippen LogP contribution in [0.4, 0.5) is 0 Å². The second-order valence-corrected chi connectivity index (χ2v) is 4.69. The Morgan fingerprint density at radius 1 is 1.32 bits per heavy atom. The molecule has 0 spiro atoms. The van der Waals surface area contributed by atoms with Crippen molar-refractivity contribution in [3.8, 4) is 0 Å². The summed E-state index contributed by atoms with van der Waals surface area (Å²) in [7, 11) is 0. The van der Waals surface area contributed by atoms with E-state index in [0.29, 0.717) is 5.70 Å². The molecule has 0 fully saturated rings. The molecule has 0 aromatic rings. The van der Waals surface area contributed by atoms with Crippen LogP contribution in [0.1, 0.15) is 39.0 Å². The first-order valence-corrected chi connectivity index (χ1v) is 7.04. The van der Waals surface area contributed by atoms with Gasteiger partial charge in [0.15, 0.2) is 0 Å². The molecule has 0 atom stereocenters. The van der Waals surface area contributed by atoms with Crippen molar-refractivity contribution in [1.82, 2.24) is 4.90 Å². The third-order valence-corrected chi connectivity index (χ3v) is 3.28. The molecular formula is C16H24N2O. The van der Waals surface area contributed by atoms with Gasteiger partial charge >= 0.3 is 0 Å². The third kappa shape index (κ3) is 4.51. The van der Waals surface area contributed by atoms with Crippen LogP contribution < -0.4 is 0 Å². The van der Waals surface area contributed by atoms with Crippen molar-refractivity contribution in [2.24, 2.45) is 4.99 Å². The number of unbranched alkanes of at least 4 members (excludes halogenated alkanes) is 3. The Morgan fingerprint density at radius 3 is 2.74 bits per heavy atom. The fourth-order valence-electron chi connectivity index (χ4n) is 2.17. The molecule has 0 aromatic heterocycles. The molecule has 0 aliphatic carbocycles. The second-order valence-electron chi connectivity index (χ2n) is 4.69. The van der Waals surface area contributed by atoms with Gasteiger partial charge in [0.1, 0.15) is 5.70 Å². The summed E-state index contributed by atoms with van der Waals surface area (Å²) < 4.78 is 0. The van der Waals surface area contributed by atoms with Gasteiger partial charge in [0.05, 0.1) is 0 Å². The zero-order valence-corrected chi connectivity index (χ0v) is 11.9. The Morgan fingerprint density at radius 2 is 2.11 bits per heavy atom. The number of nitrogens with zero attached hydrogens (tertiary/aromatic N) is 2. The molecule has 1 aliphatic rings. The van der Waals surface area contributed by atoms with Crippen LogP contribution in [0.25, 0.3) is 0 Å². The third-order valence-electron chi connectivity index (χ3n) is 3.28. The van der Waals surface area contributed by atoms with Gasteiger partial charge in [-0.2, -0.15) is 0 Å². The molecule has 0 saturated heterocycles. The highest BCUT2D eigenvalue weighted by molar-refractivity contribution is 5.97. The number of carbonyl (C=O) groups is 1. The van der Waals surface area contributed by atoms with Crippen molar-refractivity contribution in [1.29, 1.82) is 0 Å². The van der Waals surface area contributed by atoms with E-state index in [9.17, 15) is 4.79 Å². The molecule has 0 unspecified atom stereocenters. The summed E-state index contributed by atoms with van der Waals surface area (Å²) in [4.78, 5) is 18.4. The zero-order valence-electron chi connectivity index (χ0n) is 11.9. The van der Waals surface area contributed by atoms with Gasteiger partial charge in [-0.15, -0.1) is 0 Å². The predicted molar refractivity (Wildman–Crippen MR) is 81.3 cm³/mol. The molecule has 3 nitrogen and oxygen atoms in total. The van der Waals surface area contributed by atoms with E-state index >= 15 is 0 Å². The van der Waals surface area contributed by atoms with Gasteiger partial charge in [0, 0.05) is 19.3 Å². The van der Waals surface area contributed by atoms with Gasteiger partial charge in [-0.3, -0.25) is 9.79 Å². The summed E-state index contributed by atoms with van der Waals surface area (Å²) >= 11 is 0.